The third kappa shape index (κ3) is 3.83. The van der Waals surface area contributed by atoms with Crippen LogP contribution in [0.4, 0.5) is 0 Å². The van der Waals surface area contributed by atoms with Crippen LogP contribution in [0, 0.1) is 5.92 Å². The van der Waals surface area contributed by atoms with Gasteiger partial charge in [0, 0.05) is 31.2 Å². The van der Waals surface area contributed by atoms with E-state index in [0.29, 0.717) is 18.1 Å². The van der Waals surface area contributed by atoms with Crippen molar-refractivity contribution >= 4 is 0 Å². The summed E-state index contributed by atoms with van der Waals surface area (Å²) >= 11 is 0. The predicted molar refractivity (Wildman–Crippen MR) is 86.9 cm³/mol. The fraction of sp³-hybridized carbons (Fsp3) is 0.667. The lowest BCUT2D eigenvalue weighted by Gasteiger charge is -2.44. The van der Waals surface area contributed by atoms with Crippen molar-refractivity contribution in [1.82, 2.24) is 10.2 Å². The molecule has 0 aromatic heterocycles. The first kappa shape index (κ1) is 15.5. The van der Waals surface area contributed by atoms with E-state index in [4.69, 9.17) is 0 Å². The van der Waals surface area contributed by atoms with Crippen LogP contribution < -0.4 is 5.32 Å². The molecule has 0 saturated carbocycles. The van der Waals surface area contributed by atoms with Gasteiger partial charge >= 0.3 is 0 Å². The predicted octanol–water partition coefficient (Wildman–Crippen LogP) is 3.85. The van der Waals surface area contributed by atoms with E-state index in [1.54, 1.807) is 0 Å². The van der Waals surface area contributed by atoms with Crippen LogP contribution in [-0.4, -0.2) is 30.1 Å². The van der Waals surface area contributed by atoms with Gasteiger partial charge < -0.3 is 5.32 Å². The zero-order valence-corrected chi connectivity index (χ0v) is 13.5. The molecule has 0 amide bonds. The van der Waals surface area contributed by atoms with Gasteiger partial charge in [-0.25, -0.2) is 0 Å². The molecule has 0 radical (unpaired) electrons. The SMILES string of the molecule is CCC(c1ccccc1)N1CC(CC(C)C)NCC1C. The second kappa shape index (κ2) is 7.24. The van der Waals surface area contributed by atoms with Crippen molar-refractivity contribution in [2.24, 2.45) is 5.92 Å². The fourth-order valence-electron chi connectivity index (χ4n) is 3.45. The molecule has 2 rings (SSSR count). The molecule has 1 aromatic carbocycles. The lowest BCUT2D eigenvalue weighted by atomic mass is 9.95. The van der Waals surface area contributed by atoms with Gasteiger partial charge in [0.05, 0.1) is 0 Å². The van der Waals surface area contributed by atoms with Gasteiger partial charge in [-0.3, -0.25) is 4.90 Å². The van der Waals surface area contributed by atoms with Crippen LogP contribution >= 0.6 is 0 Å². The van der Waals surface area contributed by atoms with Crippen molar-refractivity contribution in [3.8, 4) is 0 Å². The summed E-state index contributed by atoms with van der Waals surface area (Å²) < 4.78 is 0. The maximum Gasteiger partial charge on any atom is 0.0349 e. The molecule has 20 heavy (non-hydrogen) atoms. The van der Waals surface area contributed by atoms with Crippen LogP contribution in [0.5, 0.6) is 0 Å². The number of piperazine rings is 1. The summed E-state index contributed by atoms with van der Waals surface area (Å²) in [5.74, 6) is 0.763. The van der Waals surface area contributed by atoms with Gasteiger partial charge in [-0.2, -0.15) is 0 Å². The van der Waals surface area contributed by atoms with E-state index < -0.39 is 0 Å². The highest BCUT2D eigenvalue weighted by atomic mass is 15.2. The second-order valence-corrected chi connectivity index (χ2v) is 6.62. The number of hydrogen-bond acceptors (Lipinski definition) is 2. The van der Waals surface area contributed by atoms with Gasteiger partial charge in [0.15, 0.2) is 0 Å². The van der Waals surface area contributed by atoms with Crippen molar-refractivity contribution in [2.45, 2.75) is 58.7 Å². The van der Waals surface area contributed by atoms with E-state index in [0.717, 1.165) is 12.5 Å². The third-order valence-electron chi connectivity index (χ3n) is 4.43. The van der Waals surface area contributed by atoms with Crippen LogP contribution in [-0.2, 0) is 0 Å². The minimum absolute atomic E-state index is 0.558. The van der Waals surface area contributed by atoms with Crippen LogP contribution in [0.3, 0.4) is 0 Å². The molecule has 3 atom stereocenters. The summed E-state index contributed by atoms with van der Waals surface area (Å²) in [6.45, 7) is 11.6. The van der Waals surface area contributed by atoms with Crippen molar-refractivity contribution in [3.63, 3.8) is 0 Å². The summed E-state index contributed by atoms with van der Waals surface area (Å²) in [5.41, 5.74) is 1.46. The monoisotopic (exact) mass is 274 g/mol. The molecule has 2 nitrogen and oxygen atoms in total. The molecular formula is C18H30N2. The molecule has 1 aromatic rings. The Labute approximate surface area is 124 Å². The molecule has 112 valence electrons. The first-order chi connectivity index (χ1) is 9.61. The Kier molecular flexibility index (Phi) is 5.62. The Morgan fingerprint density at radius 3 is 2.55 bits per heavy atom. The number of nitrogens with zero attached hydrogens (tertiary/aromatic N) is 1. The van der Waals surface area contributed by atoms with Gasteiger partial charge in [0.2, 0.25) is 0 Å². The molecule has 0 aliphatic carbocycles. The van der Waals surface area contributed by atoms with E-state index in [9.17, 15) is 0 Å². The molecule has 2 heteroatoms. The lowest BCUT2D eigenvalue weighted by molar-refractivity contribution is 0.0820. The summed E-state index contributed by atoms with van der Waals surface area (Å²) in [5, 5.41) is 3.72. The van der Waals surface area contributed by atoms with Gasteiger partial charge in [-0.1, -0.05) is 51.1 Å². The largest absolute Gasteiger partial charge is 0.311 e. The second-order valence-electron chi connectivity index (χ2n) is 6.62. The number of nitrogens with one attached hydrogen (secondary N) is 1. The normalized spacial score (nSPS) is 25.9. The average molecular weight is 274 g/mol. The average Bonchev–Trinajstić information content (AvgIpc) is 2.44. The van der Waals surface area contributed by atoms with Gasteiger partial charge in [-0.15, -0.1) is 0 Å². The Morgan fingerprint density at radius 2 is 1.95 bits per heavy atom. The zero-order valence-electron chi connectivity index (χ0n) is 13.5. The highest BCUT2D eigenvalue weighted by Crippen LogP contribution is 2.28. The van der Waals surface area contributed by atoms with Gasteiger partial charge in [0.25, 0.3) is 0 Å². The first-order valence-corrected chi connectivity index (χ1v) is 8.15. The Hall–Kier alpha value is -0.860. The molecular weight excluding hydrogens is 244 g/mol. The Bertz CT molecular complexity index is 388. The third-order valence-corrected chi connectivity index (χ3v) is 4.43. The van der Waals surface area contributed by atoms with Gasteiger partial charge in [0.1, 0.15) is 0 Å². The molecule has 1 saturated heterocycles. The number of hydrogen-bond donors (Lipinski definition) is 1. The van der Waals surface area contributed by atoms with E-state index in [1.807, 2.05) is 0 Å². The molecule has 1 aliphatic heterocycles. The number of benzene rings is 1. The molecule has 1 N–H and O–H groups in total. The molecule has 0 bridgehead atoms. The van der Waals surface area contributed by atoms with Crippen LogP contribution in [0.25, 0.3) is 0 Å². The Balaban J connectivity index is 2.10. The molecule has 3 unspecified atom stereocenters. The smallest absolute Gasteiger partial charge is 0.0349 e. The maximum absolute atomic E-state index is 3.72. The van der Waals surface area contributed by atoms with E-state index >= 15 is 0 Å². The topological polar surface area (TPSA) is 15.3 Å². The molecule has 1 aliphatic rings. The van der Waals surface area contributed by atoms with E-state index in [2.05, 4.69) is 68.2 Å². The highest BCUT2D eigenvalue weighted by Gasteiger charge is 2.30. The minimum atomic E-state index is 0.558. The quantitative estimate of drug-likeness (QED) is 0.877. The summed E-state index contributed by atoms with van der Waals surface area (Å²) in [7, 11) is 0. The van der Waals surface area contributed by atoms with Crippen LogP contribution in [0.2, 0.25) is 0 Å². The molecule has 0 spiro atoms. The zero-order chi connectivity index (χ0) is 14.5. The van der Waals surface area contributed by atoms with E-state index in [-0.39, 0.29) is 0 Å². The van der Waals surface area contributed by atoms with Crippen molar-refractivity contribution < 1.29 is 0 Å². The summed E-state index contributed by atoms with van der Waals surface area (Å²) in [6, 6.07) is 12.8. The summed E-state index contributed by atoms with van der Waals surface area (Å²) in [6.07, 6.45) is 2.46. The Morgan fingerprint density at radius 1 is 1.25 bits per heavy atom. The minimum Gasteiger partial charge on any atom is -0.311 e. The first-order valence-electron chi connectivity index (χ1n) is 8.15. The number of rotatable bonds is 5. The van der Waals surface area contributed by atoms with E-state index in [1.165, 1.54) is 24.9 Å². The van der Waals surface area contributed by atoms with Crippen LogP contribution in [0.1, 0.15) is 52.1 Å². The lowest BCUT2D eigenvalue weighted by Crippen LogP contribution is -2.56. The maximum atomic E-state index is 3.72. The van der Waals surface area contributed by atoms with Crippen molar-refractivity contribution in [1.29, 1.82) is 0 Å². The summed E-state index contributed by atoms with van der Waals surface area (Å²) in [4.78, 5) is 2.71. The van der Waals surface area contributed by atoms with Crippen LogP contribution in [0.15, 0.2) is 30.3 Å². The van der Waals surface area contributed by atoms with Crippen molar-refractivity contribution in [2.75, 3.05) is 13.1 Å². The van der Waals surface area contributed by atoms with Gasteiger partial charge in [-0.05, 0) is 31.2 Å². The standard InChI is InChI=1S/C18H30N2/c1-5-18(16-9-7-6-8-10-16)20-13-17(11-14(2)3)19-12-15(20)4/h6-10,14-15,17-19H,5,11-13H2,1-4H3. The fourth-order valence-corrected chi connectivity index (χ4v) is 3.45. The molecule has 1 heterocycles. The van der Waals surface area contributed by atoms with Crippen molar-refractivity contribution in [3.05, 3.63) is 35.9 Å². The molecule has 1 fully saturated rings. The highest BCUT2D eigenvalue weighted by molar-refractivity contribution is 5.19.